The predicted octanol–water partition coefficient (Wildman–Crippen LogP) is 2.72. The molecule has 142 valence electrons. The lowest BCUT2D eigenvalue weighted by molar-refractivity contribution is -0.122. The molecule has 27 heavy (non-hydrogen) atoms. The Balaban J connectivity index is 1.73. The number of ether oxygens (including phenoxy) is 1. The molecule has 1 atom stereocenters. The Bertz CT molecular complexity index is 928. The molecule has 6 nitrogen and oxygen atoms in total. The number of rotatable bonds is 5. The quantitative estimate of drug-likeness (QED) is 0.712. The van der Waals surface area contributed by atoms with Gasteiger partial charge in [-0.3, -0.25) is 4.79 Å². The fourth-order valence-electron chi connectivity index (χ4n) is 2.99. The maximum absolute atomic E-state index is 12.8. The number of hydrogen-bond acceptors (Lipinski definition) is 5. The lowest BCUT2D eigenvalue weighted by Crippen LogP contribution is -2.43. The molecule has 0 N–H and O–H groups in total. The molecule has 0 radical (unpaired) electrons. The molecule has 0 unspecified atom stereocenters. The highest BCUT2D eigenvalue weighted by Crippen LogP contribution is 2.24. The van der Waals surface area contributed by atoms with E-state index in [1.807, 2.05) is 0 Å². The Morgan fingerprint density at radius 2 is 1.74 bits per heavy atom. The van der Waals surface area contributed by atoms with E-state index in [-0.39, 0.29) is 17.1 Å². The van der Waals surface area contributed by atoms with Crippen LogP contribution in [-0.4, -0.2) is 44.4 Å². The summed E-state index contributed by atoms with van der Waals surface area (Å²) in [5, 5.41) is 0.486. The van der Waals surface area contributed by atoms with Gasteiger partial charge in [0.25, 0.3) is 5.91 Å². The Morgan fingerprint density at radius 1 is 1.07 bits per heavy atom. The van der Waals surface area contributed by atoms with E-state index in [1.54, 1.807) is 42.5 Å². The first-order valence-electron chi connectivity index (χ1n) is 8.36. The third-order valence-electron chi connectivity index (χ3n) is 4.28. The molecule has 8 heteroatoms. The van der Waals surface area contributed by atoms with Crippen molar-refractivity contribution in [2.75, 3.05) is 23.0 Å². The smallest absolute Gasteiger partial charge is 0.338 e. The van der Waals surface area contributed by atoms with E-state index in [0.717, 1.165) is 0 Å². The average molecular weight is 408 g/mol. The Labute approximate surface area is 162 Å². The molecule has 0 spiro atoms. The topological polar surface area (TPSA) is 80.8 Å². The number of esters is 1. The molecular weight excluding hydrogens is 390 g/mol. The first kappa shape index (κ1) is 19.4. The molecule has 1 aliphatic rings. The van der Waals surface area contributed by atoms with Crippen molar-refractivity contribution >= 4 is 39.0 Å². The number of hydrogen-bond donors (Lipinski definition) is 0. The van der Waals surface area contributed by atoms with Crippen molar-refractivity contribution in [3.05, 3.63) is 65.2 Å². The maximum Gasteiger partial charge on any atom is 0.338 e. The first-order valence-corrected chi connectivity index (χ1v) is 10.6. The third-order valence-corrected chi connectivity index (χ3v) is 6.29. The largest absolute Gasteiger partial charge is 0.452 e. The summed E-state index contributed by atoms with van der Waals surface area (Å²) in [6.45, 7) is -0.479. The average Bonchev–Trinajstić information content (AvgIpc) is 3.00. The van der Waals surface area contributed by atoms with Crippen LogP contribution in [0.5, 0.6) is 0 Å². The summed E-state index contributed by atoms with van der Waals surface area (Å²) in [5.41, 5.74) is 0.856. The number of anilines is 1. The van der Waals surface area contributed by atoms with Crippen LogP contribution in [0.3, 0.4) is 0 Å². The second kappa shape index (κ2) is 8.10. The fraction of sp³-hybridized carbons (Fsp3) is 0.263. The maximum atomic E-state index is 12.8. The van der Waals surface area contributed by atoms with Crippen LogP contribution < -0.4 is 4.90 Å². The van der Waals surface area contributed by atoms with Gasteiger partial charge in [0, 0.05) is 10.7 Å². The minimum Gasteiger partial charge on any atom is -0.452 e. The summed E-state index contributed by atoms with van der Waals surface area (Å²) in [5.74, 6) is -1.17. The number of halogens is 1. The molecule has 0 bridgehead atoms. The highest BCUT2D eigenvalue weighted by molar-refractivity contribution is 7.91. The zero-order valence-corrected chi connectivity index (χ0v) is 15.9. The minimum atomic E-state index is -3.17. The van der Waals surface area contributed by atoms with Gasteiger partial charge in [-0.25, -0.2) is 13.2 Å². The fourth-order valence-corrected chi connectivity index (χ4v) is 4.82. The predicted molar refractivity (Wildman–Crippen MR) is 103 cm³/mol. The Morgan fingerprint density at radius 3 is 2.33 bits per heavy atom. The van der Waals surface area contributed by atoms with Crippen LogP contribution in [0.4, 0.5) is 5.69 Å². The van der Waals surface area contributed by atoms with Crippen molar-refractivity contribution in [2.45, 2.75) is 12.5 Å². The van der Waals surface area contributed by atoms with Crippen LogP contribution in [-0.2, 0) is 19.4 Å². The third kappa shape index (κ3) is 4.87. The van der Waals surface area contributed by atoms with E-state index in [9.17, 15) is 18.0 Å². The van der Waals surface area contributed by atoms with Crippen molar-refractivity contribution in [1.29, 1.82) is 0 Å². The summed E-state index contributed by atoms with van der Waals surface area (Å²) >= 11 is 5.79. The number of para-hydroxylation sites is 1. The van der Waals surface area contributed by atoms with Gasteiger partial charge in [-0.15, -0.1) is 0 Å². The van der Waals surface area contributed by atoms with Crippen molar-refractivity contribution in [3.8, 4) is 0 Å². The van der Waals surface area contributed by atoms with E-state index in [1.165, 1.54) is 17.0 Å². The van der Waals surface area contributed by atoms with Gasteiger partial charge < -0.3 is 9.64 Å². The van der Waals surface area contributed by atoms with Crippen LogP contribution in [0.2, 0.25) is 5.02 Å². The SMILES string of the molecule is O=C(OCC(=O)N(c1ccccc1)[C@@H]1CCS(=O)(=O)C1)c1ccc(Cl)cc1. The van der Waals surface area contributed by atoms with Crippen molar-refractivity contribution < 1.29 is 22.7 Å². The highest BCUT2D eigenvalue weighted by atomic mass is 35.5. The van der Waals surface area contributed by atoms with Gasteiger partial charge in [0.05, 0.1) is 23.1 Å². The molecule has 1 fully saturated rings. The molecule has 1 aliphatic heterocycles. The normalized spacial score (nSPS) is 18.0. The Kier molecular flexibility index (Phi) is 5.82. The number of carbonyl (C=O) groups is 2. The number of amides is 1. The van der Waals surface area contributed by atoms with E-state index >= 15 is 0 Å². The molecule has 1 saturated heterocycles. The second-order valence-corrected chi connectivity index (χ2v) is 8.90. The molecule has 1 amide bonds. The van der Waals surface area contributed by atoms with Crippen LogP contribution in [0.15, 0.2) is 54.6 Å². The van der Waals surface area contributed by atoms with Crippen LogP contribution in [0.25, 0.3) is 0 Å². The monoisotopic (exact) mass is 407 g/mol. The minimum absolute atomic E-state index is 0.0405. The first-order chi connectivity index (χ1) is 12.9. The molecule has 1 heterocycles. The van der Waals surface area contributed by atoms with Crippen LogP contribution >= 0.6 is 11.6 Å². The lowest BCUT2D eigenvalue weighted by Gasteiger charge is -2.28. The van der Waals surface area contributed by atoms with Crippen molar-refractivity contribution in [3.63, 3.8) is 0 Å². The number of carbonyl (C=O) groups excluding carboxylic acids is 2. The number of benzene rings is 2. The zero-order valence-electron chi connectivity index (χ0n) is 14.4. The zero-order chi connectivity index (χ0) is 19.4. The van der Waals surface area contributed by atoms with Gasteiger partial charge in [-0.05, 0) is 42.8 Å². The van der Waals surface area contributed by atoms with Gasteiger partial charge in [0.1, 0.15) is 0 Å². The van der Waals surface area contributed by atoms with E-state index in [0.29, 0.717) is 17.1 Å². The molecular formula is C19H18ClNO5S. The van der Waals surface area contributed by atoms with Crippen molar-refractivity contribution in [1.82, 2.24) is 0 Å². The summed E-state index contributed by atoms with van der Waals surface area (Å²) in [6.07, 6.45) is 0.355. The second-order valence-electron chi connectivity index (χ2n) is 6.24. The van der Waals surface area contributed by atoms with Crippen LogP contribution in [0.1, 0.15) is 16.8 Å². The van der Waals surface area contributed by atoms with Crippen LogP contribution in [0, 0.1) is 0 Å². The molecule has 3 rings (SSSR count). The summed E-state index contributed by atoms with van der Waals surface area (Å²) in [6, 6.07) is 14.4. The molecule has 0 aromatic heterocycles. The standard InChI is InChI=1S/C19H18ClNO5S/c20-15-8-6-14(7-9-15)19(23)26-12-18(22)21(16-4-2-1-3-5-16)17-10-11-27(24,25)13-17/h1-9,17H,10-13H2/t17-/m1/s1. The highest BCUT2D eigenvalue weighted by Gasteiger charge is 2.35. The van der Waals surface area contributed by atoms with Gasteiger partial charge in [-0.1, -0.05) is 29.8 Å². The lowest BCUT2D eigenvalue weighted by atomic mass is 10.2. The van der Waals surface area contributed by atoms with Gasteiger partial charge in [0.15, 0.2) is 16.4 Å². The Hall–Kier alpha value is -2.38. The van der Waals surface area contributed by atoms with E-state index < -0.39 is 34.4 Å². The molecule has 2 aromatic rings. The summed E-state index contributed by atoms with van der Waals surface area (Å²) in [7, 11) is -3.17. The van der Waals surface area contributed by atoms with Gasteiger partial charge in [0.2, 0.25) is 0 Å². The van der Waals surface area contributed by atoms with E-state index in [2.05, 4.69) is 0 Å². The molecule has 2 aromatic carbocycles. The van der Waals surface area contributed by atoms with Gasteiger partial charge >= 0.3 is 5.97 Å². The van der Waals surface area contributed by atoms with Gasteiger partial charge in [-0.2, -0.15) is 0 Å². The van der Waals surface area contributed by atoms with Crippen molar-refractivity contribution in [2.24, 2.45) is 0 Å². The summed E-state index contributed by atoms with van der Waals surface area (Å²) < 4.78 is 28.8. The number of sulfone groups is 1. The molecule has 0 saturated carbocycles. The summed E-state index contributed by atoms with van der Waals surface area (Å²) in [4.78, 5) is 26.3. The number of nitrogens with zero attached hydrogens (tertiary/aromatic N) is 1. The molecule has 0 aliphatic carbocycles. The van der Waals surface area contributed by atoms with E-state index in [4.69, 9.17) is 16.3 Å².